The summed E-state index contributed by atoms with van der Waals surface area (Å²) in [6.45, 7) is 2.17. The van der Waals surface area contributed by atoms with Crippen molar-refractivity contribution >= 4 is 0 Å². The number of hydrogen-bond acceptors (Lipinski definition) is 2. The van der Waals surface area contributed by atoms with Crippen LogP contribution in [0, 0.1) is 17.6 Å². The van der Waals surface area contributed by atoms with Gasteiger partial charge in [0.25, 0.3) is 0 Å². The third-order valence-corrected chi connectivity index (χ3v) is 6.91. The predicted molar refractivity (Wildman–Crippen MR) is 129 cm³/mol. The van der Waals surface area contributed by atoms with Crippen LogP contribution in [0.2, 0.25) is 0 Å². The Labute approximate surface area is 216 Å². The van der Waals surface area contributed by atoms with Gasteiger partial charge in [0, 0.05) is 5.56 Å². The highest BCUT2D eigenvalue weighted by molar-refractivity contribution is 5.71. The van der Waals surface area contributed by atoms with Gasteiger partial charge in [-0.3, -0.25) is 0 Å². The van der Waals surface area contributed by atoms with Gasteiger partial charge in [0.05, 0.1) is 5.56 Å². The van der Waals surface area contributed by atoms with Crippen LogP contribution in [0.3, 0.4) is 0 Å². The first kappa shape index (κ1) is 27.8. The van der Waals surface area contributed by atoms with Crippen molar-refractivity contribution in [3.8, 4) is 22.6 Å². The van der Waals surface area contributed by atoms with Crippen molar-refractivity contribution in [1.29, 1.82) is 0 Å². The molecule has 0 aliphatic heterocycles. The Morgan fingerprint density at radius 3 is 1.97 bits per heavy atom. The van der Waals surface area contributed by atoms with Crippen molar-refractivity contribution in [3.05, 3.63) is 83.4 Å². The molecule has 204 valence electrons. The summed E-state index contributed by atoms with van der Waals surface area (Å²) >= 11 is 0. The molecule has 38 heavy (non-hydrogen) atoms. The summed E-state index contributed by atoms with van der Waals surface area (Å²) in [7, 11) is 0. The van der Waals surface area contributed by atoms with Gasteiger partial charge in [-0.15, -0.1) is 13.2 Å². The van der Waals surface area contributed by atoms with E-state index in [0.29, 0.717) is 18.1 Å². The summed E-state index contributed by atoms with van der Waals surface area (Å²) in [6.07, 6.45) is -2.44. The van der Waals surface area contributed by atoms with E-state index in [2.05, 4.69) is 11.7 Å². The fraction of sp³-hybridized carbons (Fsp3) is 0.379. The van der Waals surface area contributed by atoms with Gasteiger partial charge in [-0.25, -0.2) is 8.78 Å². The molecule has 1 fully saturated rings. The molecular weight excluding hydrogens is 513 g/mol. The van der Waals surface area contributed by atoms with E-state index in [1.165, 1.54) is 42.8 Å². The molecule has 1 aliphatic carbocycles. The van der Waals surface area contributed by atoms with E-state index in [9.17, 15) is 22.0 Å². The van der Waals surface area contributed by atoms with Crippen LogP contribution in [-0.2, 0) is 6.11 Å². The molecule has 0 heterocycles. The predicted octanol–water partition coefficient (Wildman–Crippen LogP) is 9.73. The highest BCUT2D eigenvalue weighted by Gasteiger charge is 2.37. The van der Waals surface area contributed by atoms with E-state index >= 15 is 8.78 Å². The molecule has 0 unspecified atom stereocenters. The number of benzene rings is 3. The first-order chi connectivity index (χ1) is 18.0. The average Bonchev–Trinajstić information content (AvgIpc) is 2.86. The van der Waals surface area contributed by atoms with Gasteiger partial charge >= 0.3 is 12.5 Å². The Morgan fingerprint density at radius 1 is 0.789 bits per heavy atom. The van der Waals surface area contributed by atoms with Crippen LogP contribution in [0.5, 0.6) is 11.5 Å². The van der Waals surface area contributed by atoms with Crippen LogP contribution in [0.1, 0.15) is 62.5 Å². The van der Waals surface area contributed by atoms with Crippen LogP contribution in [-0.4, -0.2) is 6.36 Å². The monoisotopic (exact) mass is 540 g/mol. The van der Waals surface area contributed by atoms with Crippen molar-refractivity contribution < 1.29 is 40.2 Å². The fourth-order valence-electron chi connectivity index (χ4n) is 5.06. The number of alkyl halides is 5. The molecule has 1 aliphatic rings. The molecule has 4 rings (SSSR count). The molecule has 0 spiro atoms. The first-order valence-electron chi connectivity index (χ1n) is 12.5. The first-order valence-corrected chi connectivity index (χ1v) is 12.5. The van der Waals surface area contributed by atoms with Gasteiger partial charge in [0.2, 0.25) is 5.75 Å². The lowest BCUT2D eigenvalue weighted by atomic mass is 9.77. The average molecular weight is 541 g/mol. The number of hydrogen-bond donors (Lipinski definition) is 0. The minimum atomic E-state index is -5.31. The molecule has 0 radical (unpaired) electrons. The maximum absolute atomic E-state index is 15.1. The van der Waals surface area contributed by atoms with Crippen LogP contribution in [0.4, 0.5) is 30.7 Å². The SMILES string of the molecule is CCC[C@H]1CC[C@H](c2ccc(C(F)(F)Oc3ccccc3-c3cc(F)c(OC(F)(F)F)c(F)c3)cc2)CC1. The summed E-state index contributed by atoms with van der Waals surface area (Å²) in [5.41, 5.74) is 0.160. The van der Waals surface area contributed by atoms with Crippen LogP contribution >= 0.6 is 0 Å². The molecule has 0 aromatic heterocycles. The molecule has 9 heteroatoms. The summed E-state index contributed by atoms with van der Waals surface area (Å²) < 4.78 is 105. The third-order valence-electron chi connectivity index (χ3n) is 6.91. The van der Waals surface area contributed by atoms with Gasteiger partial charge in [-0.2, -0.15) is 8.78 Å². The maximum atomic E-state index is 15.1. The van der Waals surface area contributed by atoms with E-state index in [-0.39, 0.29) is 11.1 Å². The molecular formula is C29H27F7O2. The lowest BCUT2D eigenvalue weighted by Crippen LogP contribution is -2.22. The largest absolute Gasteiger partial charge is 0.573 e. The van der Waals surface area contributed by atoms with Crippen molar-refractivity contribution in [2.24, 2.45) is 5.92 Å². The summed E-state index contributed by atoms with van der Waals surface area (Å²) in [4.78, 5) is 0. The topological polar surface area (TPSA) is 18.5 Å². The quantitative estimate of drug-likeness (QED) is 0.265. The Hall–Kier alpha value is -3.23. The van der Waals surface area contributed by atoms with Crippen molar-refractivity contribution in [3.63, 3.8) is 0 Å². The number of para-hydroxylation sites is 1. The molecule has 1 saturated carbocycles. The van der Waals surface area contributed by atoms with E-state index in [1.54, 1.807) is 12.1 Å². The second kappa shape index (κ2) is 11.3. The lowest BCUT2D eigenvalue weighted by Gasteiger charge is -2.29. The molecule has 3 aromatic carbocycles. The molecule has 0 bridgehead atoms. The molecule has 0 saturated heterocycles. The third kappa shape index (κ3) is 6.60. The summed E-state index contributed by atoms with van der Waals surface area (Å²) in [5.74, 6) is -4.27. The Kier molecular flexibility index (Phi) is 8.23. The molecule has 3 aromatic rings. The fourth-order valence-corrected chi connectivity index (χ4v) is 5.06. The van der Waals surface area contributed by atoms with Gasteiger partial charge in [-0.1, -0.05) is 50.1 Å². The van der Waals surface area contributed by atoms with Crippen LogP contribution in [0.25, 0.3) is 11.1 Å². The zero-order valence-corrected chi connectivity index (χ0v) is 20.6. The number of rotatable bonds is 8. The highest BCUT2D eigenvalue weighted by Crippen LogP contribution is 2.41. The van der Waals surface area contributed by atoms with Crippen LogP contribution < -0.4 is 9.47 Å². The zero-order chi connectivity index (χ0) is 27.5. The van der Waals surface area contributed by atoms with E-state index in [1.807, 2.05) is 0 Å². The number of ether oxygens (including phenoxy) is 2. The second-order valence-electron chi connectivity index (χ2n) is 9.56. The summed E-state index contributed by atoms with van der Waals surface area (Å²) in [6, 6.07) is 12.3. The Balaban J connectivity index is 1.53. The van der Waals surface area contributed by atoms with Crippen molar-refractivity contribution in [1.82, 2.24) is 0 Å². The standard InChI is InChI=1S/C29H27F7O2/c1-2-5-18-8-10-19(11-9-18)20-12-14-22(15-13-20)28(32,33)37-26-7-4-3-6-23(26)21-16-24(30)27(25(31)17-21)38-29(34,35)36/h3-4,6-7,12-19H,2,5,8-11H2,1H3/t18-,19-. The van der Waals surface area contributed by atoms with Gasteiger partial charge in [0.1, 0.15) is 5.75 Å². The van der Waals surface area contributed by atoms with E-state index in [0.717, 1.165) is 43.6 Å². The second-order valence-corrected chi connectivity index (χ2v) is 9.56. The van der Waals surface area contributed by atoms with Crippen molar-refractivity contribution in [2.45, 2.75) is 63.8 Å². The summed E-state index contributed by atoms with van der Waals surface area (Å²) in [5, 5.41) is 0. The molecule has 2 nitrogen and oxygen atoms in total. The van der Waals surface area contributed by atoms with Crippen molar-refractivity contribution in [2.75, 3.05) is 0 Å². The van der Waals surface area contributed by atoms with E-state index in [4.69, 9.17) is 4.74 Å². The minimum absolute atomic E-state index is 0.135. The zero-order valence-electron chi connectivity index (χ0n) is 20.6. The Bertz CT molecular complexity index is 1210. The van der Waals surface area contributed by atoms with Gasteiger partial charge in [-0.05, 0) is 79.0 Å². The van der Waals surface area contributed by atoms with Crippen LogP contribution in [0.15, 0.2) is 60.7 Å². The smallest absolute Gasteiger partial charge is 0.428 e. The molecule has 0 amide bonds. The van der Waals surface area contributed by atoms with Gasteiger partial charge < -0.3 is 9.47 Å². The lowest BCUT2D eigenvalue weighted by molar-refractivity contribution is -0.276. The van der Waals surface area contributed by atoms with Gasteiger partial charge in [0.15, 0.2) is 11.6 Å². The maximum Gasteiger partial charge on any atom is 0.573 e. The van der Waals surface area contributed by atoms with E-state index < -0.39 is 41.2 Å². The normalized spacial score (nSPS) is 18.3. The molecule has 0 atom stereocenters. The minimum Gasteiger partial charge on any atom is -0.428 e. The number of halogens is 7. The molecule has 0 N–H and O–H groups in total. The Morgan fingerprint density at radius 2 is 1.39 bits per heavy atom. The highest BCUT2D eigenvalue weighted by atomic mass is 19.4.